The second-order valence-electron chi connectivity index (χ2n) is 4.14. The molecule has 5 heteroatoms. The van der Waals surface area contributed by atoms with Crippen molar-refractivity contribution < 1.29 is 13.5 Å². The third-order valence-corrected chi connectivity index (χ3v) is 3.04. The van der Waals surface area contributed by atoms with Gasteiger partial charge in [-0.3, -0.25) is 0 Å². The largest absolute Gasteiger partial charge is 0.492 e. The number of rotatable bonds is 5. The minimum Gasteiger partial charge on any atom is -0.492 e. The van der Waals surface area contributed by atoms with Gasteiger partial charge in [-0.2, -0.15) is 0 Å². The minimum atomic E-state index is -0.457. The third-order valence-electron chi connectivity index (χ3n) is 2.74. The molecule has 2 aromatic rings. The lowest BCUT2D eigenvalue weighted by Crippen LogP contribution is -2.04. The summed E-state index contributed by atoms with van der Waals surface area (Å²) in [6.45, 7) is 2.47. The zero-order chi connectivity index (χ0) is 14.5. The summed E-state index contributed by atoms with van der Waals surface area (Å²) in [5.74, 6) is -0.440. The van der Waals surface area contributed by atoms with Crippen LogP contribution < -0.4 is 10.1 Å². The van der Waals surface area contributed by atoms with Crippen molar-refractivity contribution in [3.8, 4) is 5.75 Å². The highest BCUT2D eigenvalue weighted by molar-refractivity contribution is 6.30. The van der Waals surface area contributed by atoms with Gasteiger partial charge in [0.1, 0.15) is 17.4 Å². The lowest BCUT2D eigenvalue weighted by Gasteiger charge is -2.13. The lowest BCUT2D eigenvalue weighted by molar-refractivity contribution is 0.339. The minimum absolute atomic E-state index is 0.0773. The summed E-state index contributed by atoms with van der Waals surface area (Å²) in [6.07, 6.45) is 0. The smallest absolute Gasteiger partial charge is 0.146 e. The van der Waals surface area contributed by atoms with Gasteiger partial charge in [0, 0.05) is 18.2 Å². The van der Waals surface area contributed by atoms with Crippen molar-refractivity contribution >= 4 is 17.3 Å². The molecule has 0 aliphatic rings. The Morgan fingerprint density at radius 3 is 2.75 bits per heavy atom. The first-order chi connectivity index (χ1) is 9.61. The summed E-state index contributed by atoms with van der Waals surface area (Å²) in [7, 11) is 0. The van der Waals surface area contributed by atoms with Crippen LogP contribution in [0.15, 0.2) is 36.4 Å². The van der Waals surface area contributed by atoms with Crippen LogP contribution in [0.25, 0.3) is 0 Å². The second-order valence-corrected chi connectivity index (χ2v) is 4.55. The number of nitrogens with one attached hydrogen (secondary N) is 1. The fourth-order valence-electron chi connectivity index (χ4n) is 1.79. The van der Waals surface area contributed by atoms with E-state index in [1.807, 2.05) is 6.92 Å². The van der Waals surface area contributed by atoms with Gasteiger partial charge in [0.15, 0.2) is 0 Å². The maximum atomic E-state index is 13.8. The molecule has 0 aliphatic carbocycles. The van der Waals surface area contributed by atoms with E-state index in [4.69, 9.17) is 16.3 Å². The first-order valence-corrected chi connectivity index (χ1v) is 6.58. The molecule has 2 aromatic carbocycles. The topological polar surface area (TPSA) is 21.3 Å². The van der Waals surface area contributed by atoms with Crippen LogP contribution in [0.1, 0.15) is 12.5 Å². The summed E-state index contributed by atoms with van der Waals surface area (Å²) in [5, 5.41) is 3.10. The summed E-state index contributed by atoms with van der Waals surface area (Å²) in [4.78, 5) is 0. The van der Waals surface area contributed by atoms with Gasteiger partial charge in [-0.15, -0.1) is 0 Å². The van der Waals surface area contributed by atoms with Crippen molar-refractivity contribution in [1.29, 1.82) is 0 Å². The van der Waals surface area contributed by atoms with Crippen LogP contribution in [0.4, 0.5) is 14.5 Å². The molecule has 0 bridgehead atoms. The molecular weight excluding hydrogens is 284 g/mol. The van der Waals surface area contributed by atoms with Crippen LogP contribution in [0.5, 0.6) is 5.75 Å². The summed E-state index contributed by atoms with van der Waals surface area (Å²) in [5.41, 5.74) is 1.04. The molecular formula is C15H14ClF2NO. The first-order valence-electron chi connectivity index (χ1n) is 6.21. The normalized spacial score (nSPS) is 10.4. The van der Waals surface area contributed by atoms with Crippen molar-refractivity contribution in [3.63, 3.8) is 0 Å². The van der Waals surface area contributed by atoms with Gasteiger partial charge in [-0.25, -0.2) is 8.78 Å². The molecule has 0 radical (unpaired) electrons. The Hall–Kier alpha value is -1.81. The first kappa shape index (κ1) is 14.6. The number of halogens is 3. The van der Waals surface area contributed by atoms with Crippen molar-refractivity contribution in [1.82, 2.24) is 0 Å². The van der Waals surface area contributed by atoms with E-state index in [0.717, 1.165) is 0 Å². The number of ether oxygens (including phenoxy) is 1. The van der Waals surface area contributed by atoms with Gasteiger partial charge in [0.05, 0.1) is 17.3 Å². The molecule has 0 unspecified atom stereocenters. The van der Waals surface area contributed by atoms with Gasteiger partial charge in [-0.05, 0) is 25.1 Å². The van der Waals surface area contributed by atoms with Crippen LogP contribution in [0, 0.1) is 11.6 Å². The van der Waals surface area contributed by atoms with E-state index in [1.54, 1.807) is 18.2 Å². The maximum Gasteiger partial charge on any atom is 0.146 e. The molecule has 0 aliphatic heterocycles. The molecule has 0 aromatic heterocycles. The average Bonchev–Trinajstić information content (AvgIpc) is 2.42. The van der Waals surface area contributed by atoms with Crippen molar-refractivity contribution in [2.45, 2.75) is 13.5 Å². The van der Waals surface area contributed by atoms with Crippen LogP contribution in [-0.4, -0.2) is 6.61 Å². The van der Waals surface area contributed by atoms with Crippen molar-refractivity contribution in [2.75, 3.05) is 11.9 Å². The fraction of sp³-hybridized carbons (Fsp3) is 0.200. The van der Waals surface area contributed by atoms with Crippen molar-refractivity contribution in [2.24, 2.45) is 0 Å². The molecule has 2 nitrogen and oxygen atoms in total. The third kappa shape index (κ3) is 3.39. The molecule has 0 amide bonds. The molecule has 0 saturated carbocycles. The van der Waals surface area contributed by atoms with E-state index < -0.39 is 5.82 Å². The van der Waals surface area contributed by atoms with E-state index >= 15 is 0 Å². The monoisotopic (exact) mass is 297 g/mol. The quantitative estimate of drug-likeness (QED) is 0.869. The predicted octanol–water partition coefficient (Wildman–Crippen LogP) is 4.63. The highest BCUT2D eigenvalue weighted by Crippen LogP contribution is 2.27. The Kier molecular flexibility index (Phi) is 4.79. The van der Waals surface area contributed by atoms with E-state index in [1.165, 1.54) is 18.2 Å². The van der Waals surface area contributed by atoms with Gasteiger partial charge in [-0.1, -0.05) is 23.7 Å². The molecule has 0 saturated heterocycles. The lowest BCUT2D eigenvalue weighted by atomic mass is 10.2. The Bertz CT molecular complexity index is 604. The Morgan fingerprint density at radius 1 is 1.20 bits per heavy atom. The average molecular weight is 298 g/mol. The summed E-state index contributed by atoms with van der Waals surface area (Å²) < 4.78 is 32.3. The predicted molar refractivity (Wildman–Crippen MR) is 76.3 cm³/mol. The van der Waals surface area contributed by atoms with Crippen LogP contribution in [0.3, 0.4) is 0 Å². The molecule has 106 valence electrons. The van der Waals surface area contributed by atoms with Gasteiger partial charge < -0.3 is 10.1 Å². The Morgan fingerprint density at radius 2 is 2.00 bits per heavy atom. The number of benzene rings is 2. The zero-order valence-corrected chi connectivity index (χ0v) is 11.7. The SMILES string of the molecule is CCOc1cc(F)ccc1NCc1cccc(Cl)c1F. The second kappa shape index (κ2) is 6.57. The Labute approximate surface area is 121 Å². The highest BCUT2D eigenvalue weighted by Gasteiger charge is 2.08. The molecule has 0 spiro atoms. The van der Waals surface area contributed by atoms with Crippen LogP contribution in [0.2, 0.25) is 5.02 Å². The molecule has 0 fully saturated rings. The van der Waals surface area contributed by atoms with E-state index in [-0.39, 0.29) is 17.4 Å². The van der Waals surface area contributed by atoms with Crippen LogP contribution >= 0.6 is 11.6 Å². The van der Waals surface area contributed by atoms with Gasteiger partial charge >= 0.3 is 0 Å². The Balaban J connectivity index is 2.16. The maximum absolute atomic E-state index is 13.8. The molecule has 0 heterocycles. The number of hydrogen-bond donors (Lipinski definition) is 1. The van der Waals surface area contributed by atoms with Crippen LogP contribution in [-0.2, 0) is 6.54 Å². The van der Waals surface area contributed by atoms with E-state index in [0.29, 0.717) is 23.6 Å². The molecule has 1 N–H and O–H groups in total. The fourth-order valence-corrected chi connectivity index (χ4v) is 1.99. The summed E-state index contributed by atoms with van der Waals surface area (Å²) in [6, 6.07) is 8.97. The summed E-state index contributed by atoms with van der Waals surface area (Å²) >= 11 is 5.72. The zero-order valence-electron chi connectivity index (χ0n) is 10.9. The molecule has 0 atom stereocenters. The number of hydrogen-bond acceptors (Lipinski definition) is 2. The van der Waals surface area contributed by atoms with Crippen molar-refractivity contribution in [3.05, 3.63) is 58.6 Å². The molecule has 20 heavy (non-hydrogen) atoms. The molecule has 2 rings (SSSR count). The highest BCUT2D eigenvalue weighted by atomic mass is 35.5. The van der Waals surface area contributed by atoms with E-state index in [2.05, 4.69) is 5.32 Å². The van der Waals surface area contributed by atoms with Gasteiger partial charge in [0.25, 0.3) is 0 Å². The van der Waals surface area contributed by atoms with Gasteiger partial charge in [0.2, 0.25) is 0 Å². The standard InChI is InChI=1S/C15H14ClF2NO/c1-2-20-14-8-11(17)6-7-13(14)19-9-10-4-3-5-12(16)15(10)18/h3-8,19H,2,9H2,1H3. The van der Waals surface area contributed by atoms with E-state index in [9.17, 15) is 8.78 Å². The number of anilines is 1.